The van der Waals surface area contributed by atoms with E-state index >= 15 is 0 Å². The Labute approximate surface area is 141 Å². The summed E-state index contributed by atoms with van der Waals surface area (Å²) < 4.78 is 0. The summed E-state index contributed by atoms with van der Waals surface area (Å²) in [6.45, 7) is 8.70. The summed E-state index contributed by atoms with van der Waals surface area (Å²) in [6.07, 6.45) is 3.89. The topological polar surface area (TPSA) is 0 Å². The minimum atomic E-state index is 0. The first-order chi connectivity index (χ1) is 8.41. The third-order valence-corrected chi connectivity index (χ3v) is 5.03. The van der Waals surface area contributed by atoms with Crippen LogP contribution in [0.4, 0.5) is 0 Å². The number of halogens is 2. The van der Waals surface area contributed by atoms with E-state index in [1.54, 1.807) is 0 Å². The number of allylic oxidation sites excluding steroid dienone is 8. The van der Waals surface area contributed by atoms with E-state index in [9.17, 15) is 0 Å². The van der Waals surface area contributed by atoms with Gasteiger partial charge in [-0.05, 0) is 62.8 Å². The van der Waals surface area contributed by atoms with Gasteiger partial charge >= 0.3 is 0 Å². The van der Waals surface area contributed by atoms with Gasteiger partial charge in [0.25, 0.3) is 0 Å². The van der Waals surface area contributed by atoms with E-state index in [-0.39, 0.29) is 21.7 Å². The molecule has 0 atom stereocenters. The number of rotatable bonds is 3. The zero-order valence-electron chi connectivity index (χ0n) is 12.1. The summed E-state index contributed by atoms with van der Waals surface area (Å²) in [5, 5.41) is 2.05. The molecule has 0 aromatic heterocycles. The van der Waals surface area contributed by atoms with Gasteiger partial charge in [0.15, 0.2) is 0 Å². The molecular formula is C16H20Cl2Ti. The normalized spacial score (nSPS) is 19.9. The zero-order valence-corrected chi connectivity index (χ0v) is 15.2. The predicted octanol–water partition coefficient (Wildman–Crippen LogP) is 6.23. The van der Waals surface area contributed by atoms with Crippen LogP contribution in [-0.2, 0) is 21.7 Å². The van der Waals surface area contributed by atoms with Gasteiger partial charge in [-0.3, -0.25) is 0 Å². The van der Waals surface area contributed by atoms with Crippen molar-refractivity contribution in [1.82, 2.24) is 0 Å². The Bertz CT molecular complexity index is 471. The van der Waals surface area contributed by atoms with Crippen LogP contribution in [0.1, 0.15) is 53.4 Å². The molecule has 0 N–H and O–H groups in total. The molecule has 0 bridgehead atoms. The Balaban J connectivity index is 0.00000180. The van der Waals surface area contributed by atoms with Gasteiger partial charge in [0.2, 0.25) is 0 Å². The Morgan fingerprint density at radius 2 is 1.05 bits per heavy atom. The van der Waals surface area contributed by atoms with Crippen molar-refractivity contribution in [3.8, 4) is 0 Å². The Morgan fingerprint density at radius 1 is 0.737 bits per heavy atom. The molecule has 0 amide bonds. The molecule has 102 valence electrons. The standard InChI is InChI=1S/C16H20Cl2.Ti/c1-9-7-15(17)13(11(9)3)5-6-14-12(4)10(2)8-16(14)18;/h5-8H2,1-4H3;. The van der Waals surface area contributed by atoms with E-state index in [0.29, 0.717) is 0 Å². The van der Waals surface area contributed by atoms with Crippen molar-refractivity contribution in [2.24, 2.45) is 0 Å². The molecular weight excluding hydrogens is 311 g/mol. The first kappa shape index (κ1) is 17.3. The van der Waals surface area contributed by atoms with Crippen molar-refractivity contribution in [3.05, 3.63) is 43.5 Å². The van der Waals surface area contributed by atoms with Crippen LogP contribution in [0.5, 0.6) is 0 Å². The van der Waals surface area contributed by atoms with Gasteiger partial charge in [-0.1, -0.05) is 34.3 Å². The molecule has 0 unspecified atom stereocenters. The Kier molecular flexibility index (Phi) is 6.20. The molecule has 0 fully saturated rings. The van der Waals surface area contributed by atoms with Gasteiger partial charge in [0, 0.05) is 44.6 Å². The van der Waals surface area contributed by atoms with Crippen LogP contribution in [0, 0.1) is 0 Å². The third kappa shape index (κ3) is 3.47. The van der Waals surface area contributed by atoms with Crippen molar-refractivity contribution >= 4 is 23.2 Å². The summed E-state index contributed by atoms with van der Waals surface area (Å²) in [5.41, 5.74) is 8.25. The number of hydrogen-bond acceptors (Lipinski definition) is 0. The molecule has 0 heterocycles. The minimum absolute atomic E-state index is 0. The number of hydrogen-bond donors (Lipinski definition) is 0. The molecule has 0 radical (unpaired) electrons. The largest absolute Gasteiger partial charge is 0.0885 e. The second-order valence-electron chi connectivity index (χ2n) is 5.43. The first-order valence-electron chi connectivity index (χ1n) is 6.50. The molecule has 0 nitrogen and oxygen atoms in total. The molecule has 3 heteroatoms. The third-order valence-electron chi connectivity index (χ3n) is 4.31. The summed E-state index contributed by atoms with van der Waals surface area (Å²) in [4.78, 5) is 0. The van der Waals surface area contributed by atoms with Gasteiger partial charge in [0.1, 0.15) is 0 Å². The molecule has 0 saturated carbocycles. The van der Waals surface area contributed by atoms with Gasteiger partial charge in [-0.15, -0.1) is 0 Å². The smallest absolute Gasteiger partial charge is 0.0256 e. The minimum Gasteiger partial charge on any atom is -0.0885 e. The SMILES string of the molecule is CC1=C(C)C(CCC2=C(Cl)CC(C)=C2C)=C(Cl)C1.[Ti]. The quantitative estimate of drug-likeness (QED) is 0.538. The summed E-state index contributed by atoms with van der Waals surface area (Å²) in [5.74, 6) is 0. The molecule has 0 aromatic carbocycles. The van der Waals surface area contributed by atoms with Crippen molar-refractivity contribution in [3.63, 3.8) is 0 Å². The molecule has 2 aliphatic carbocycles. The fourth-order valence-electron chi connectivity index (χ4n) is 2.76. The van der Waals surface area contributed by atoms with E-state index in [2.05, 4.69) is 27.7 Å². The zero-order chi connectivity index (χ0) is 13.4. The van der Waals surface area contributed by atoms with E-state index in [0.717, 1.165) is 35.7 Å². The van der Waals surface area contributed by atoms with E-state index in [1.807, 2.05) is 0 Å². The molecule has 19 heavy (non-hydrogen) atoms. The van der Waals surface area contributed by atoms with Crippen LogP contribution in [0.2, 0.25) is 0 Å². The van der Waals surface area contributed by atoms with Crippen molar-refractivity contribution in [2.75, 3.05) is 0 Å². The van der Waals surface area contributed by atoms with Crippen LogP contribution in [0.3, 0.4) is 0 Å². The summed E-state index contributed by atoms with van der Waals surface area (Å²) in [7, 11) is 0. The predicted molar refractivity (Wildman–Crippen MR) is 81.0 cm³/mol. The average molecular weight is 331 g/mol. The first-order valence-corrected chi connectivity index (χ1v) is 7.26. The van der Waals surface area contributed by atoms with E-state index < -0.39 is 0 Å². The molecule has 0 aromatic rings. The van der Waals surface area contributed by atoms with Crippen molar-refractivity contribution in [2.45, 2.75) is 53.4 Å². The second-order valence-corrected chi connectivity index (χ2v) is 6.34. The molecule has 0 saturated heterocycles. The molecule has 2 aliphatic rings. The maximum absolute atomic E-state index is 6.33. The Hall–Kier alpha value is 0.254. The van der Waals surface area contributed by atoms with Gasteiger partial charge in [-0.25, -0.2) is 0 Å². The van der Waals surface area contributed by atoms with E-state index in [1.165, 1.54) is 33.4 Å². The van der Waals surface area contributed by atoms with Crippen LogP contribution >= 0.6 is 23.2 Å². The van der Waals surface area contributed by atoms with Crippen LogP contribution in [-0.4, -0.2) is 0 Å². The van der Waals surface area contributed by atoms with Crippen LogP contribution in [0.25, 0.3) is 0 Å². The van der Waals surface area contributed by atoms with Gasteiger partial charge in [0.05, 0.1) is 0 Å². The molecule has 0 aliphatic heterocycles. The fourth-order valence-corrected chi connectivity index (χ4v) is 3.64. The second kappa shape index (κ2) is 6.81. The van der Waals surface area contributed by atoms with Crippen molar-refractivity contribution < 1.29 is 21.7 Å². The molecule has 0 spiro atoms. The summed E-state index contributed by atoms with van der Waals surface area (Å²) >= 11 is 12.7. The van der Waals surface area contributed by atoms with Crippen LogP contribution < -0.4 is 0 Å². The van der Waals surface area contributed by atoms with Gasteiger partial charge < -0.3 is 0 Å². The average Bonchev–Trinajstić information content (AvgIpc) is 2.67. The van der Waals surface area contributed by atoms with Crippen molar-refractivity contribution in [1.29, 1.82) is 0 Å². The van der Waals surface area contributed by atoms with Gasteiger partial charge in [-0.2, -0.15) is 0 Å². The van der Waals surface area contributed by atoms with Crippen LogP contribution in [0.15, 0.2) is 43.5 Å². The fraction of sp³-hybridized carbons (Fsp3) is 0.500. The maximum atomic E-state index is 6.33. The molecule has 2 rings (SSSR count). The maximum Gasteiger partial charge on any atom is 0.0256 e. The van der Waals surface area contributed by atoms with E-state index in [4.69, 9.17) is 23.2 Å². The Morgan fingerprint density at radius 3 is 1.26 bits per heavy atom. The summed E-state index contributed by atoms with van der Waals surface area (Å²) in [6, 6.07) is 0. The monoisotopic (exact) mass is 330 g/mol.